The van der Waals surface area contributed by atoms with Gasteiger partial charge >= 0.3 is 0 Å². The molecular formula is C15H12Br2N2S. The summed E-state index contributed by atoms with van der Waals surface area (Å²) in [7, 11) is 0. The van der Waals surface area contributed by atoms with Crippen LogP contribution in [-0.2, 0) is 6.42 Å². The van der Waals surface area contributed by atoms with E-state index in [4.69, 9.17) is 5.73 Å². The fourth-order valence-electron chi connectivity index (χ4n) is 2.16. The van der Waals surface area contributed by atoms with Crippen LogP contribution in [0.5, 0.6) is 0 Å². The summed E-state index contributed by atoms with van der Waals surface area (Å²) in [5.74, 6) is 0. The number of halogens is 2. The fraction of sp³-hybridized carbons (Fsp3) is 0.133. The molecule has 0 aliphatic rings. The summed E-state index contributed by atoms with van der Waals surface area (Å²) in [6, 6.07) is 14.3. The minimum atomic E-state index is -0.0550. The first-order valence-electron chi connectivity index (χ1n) is 6.18. The molecule has 0 radical (unpaired) electrons. The molecular weight excluding hydrogens is 400 g/mol. The number of pyridine rings is 1. The number of aromatic nitrogens is 1. The Kier molecular flexibility index (Phi) is 4.21. The summed E-state index contributed by atoms with van der Waals surface area (Å²) in [5.41, 5.74) is 9.46. The van der Waals surface area contributed by atoms with Gasteiger partial charge in [-0.05, 0) is 55.6 Å². The van der Waals surface area contributed by atoms with Crippen LogP contribution in [-0.4, -0.2) is 4.98 Å². The van der Waals surface area contributed by atoms with Crippen molar-refractivity contribution in [1.82, 2.24) is 4.98 Å². The Hall–Kier alpha value is -0.750. The van der Waals surface area contributed by atoms with Crippen LogP contribution in [0.2, 0.25) is 0 Å². The van der Waals surface area contributed by atoms with Crippen LogP contribution in [0.3, 0.4) is 0 Å². The van der Waals surface area contributed by atoms with Crippen LogP contribution in [0.4, 0.5) is 0 Å². The van der Waals surface area contributed by atoms with Gasteiger partial charge in [-0.3, -0.25) is 4.98 Å². The van der Waals surface area contributed by atoms with Gasteiger partial charge in [0.2, 0.25) is 0 Å². The Morgan fingerprint density at radius 2 is 1.95 bits per heavy atom. The third-order valence-corrected chi connectivity index (χ3v) is 5.55. The maximum Gasteiger partial charge on any atom is 0.0758 e. The van der Waals surface area contributed by atoms with E-state index in [2.05, 4.69) is 61.1 Å². The van der Waals surface area contributed by atoms with Crippen LogP contribution in [0, 0.1) is 0 Å². The van der Waals surface area contributed by atoms with Gasteiger partial charge in [-0.25, -0.2) is 0 Å². The molecule has 2 aromatic heterocycles. The number of hydrogen-bond acceptors (Lipinski definition) is 3. The van der Waals surface area contributed by atoms with Gasteiger partial charge in [-0.1, -0.05) is 24.3 Å². The summed E-state index contributed by atoms with van der Waals surface area (Å²) in [6.45, 7) is 0. The largest absolute Gasteiger partial charge is 0.324 e. The third-order valence-electron chi connectivity index (χ3n) is 3.17. The van der Waals surface area contributed by atoms with Gasteiger partial charge in [0.1, 0.15) is 0 Å². The highest BCUT2D eigenvalue weighted by Crippen LogP contribution is 2.35. The zero-order valence-electron chi connectivity index (χ0n) is 10.5. The molecule has 0 amide bonds. The Bertz CT molecular complexity index is 754. The van der Waals surface area contributed by atoms with E-state index >= 15 is 0 Å². The first-order chi connectivity index (χ1) is 9.63. The molecule has 1 atom stereocenters. The number of nitrogens with two attached hydrogens (primary N) is 1. The molecule has 0 saturated carbocycles. The van der Waals surface area contributed by atoms with Gasteiger partial charge in [0, 0.05) is 23.5 Å². The molecule has 0 fully saturated rings. The highest BCUT2D eigenvalue weighted by Gasteiger charge is 2.14. The van der Waals surface area contributed by atoms with Crippen molar-refractivity contribution in [2.45, 2.75) is 12.5 Å². The molecule has 2 heterocycles. The van der Waals surface area contributed by atoms with Crippen molar-refractivity contribution in [3.05, 3.63) is 61.3 Å². The average molecular weight is 412 g/mol. The lowest BCUT2D eigenvalue weighted by molar-refractivity contribution is 0.709. The van der Waals surface area contributed by atoms with E-state index in [1.54, 1.807) is 11.3 Å². The van der Waals surface area contributed by atoms with Crippen molar-refractivity contribution in [3.63, 3.8) is 0 Å². The van der Waals surface area contributed by atoms with Crippen LogP contribution >= 0.6 is 43.2 Å². The summed E-state index contributed by atoms with van der Waals surface area (Å²) in [4.78, 5) is 4.67. The maximum atomic E-state index is 6.30. The lowest BCUT2D eigenvalue weighted by Gasteiger charge is -2.11. The van der Waals surface area contributed by atoms with Gasteiger partial charge in [-0.2, -0.15) is 0 Å². The van der Waals surface area contributed by atoms with Crippen molar-refractivity contribution in [3.8, 4) is 0 Å². The van der Waals surface area contributed by atoms with E-state index in [1.165, 1.54) is 0 Å². The smallest absolute Gasteiger partial charge is 0.0758 e. The number of thiophene rings is 1. The second kappa shape index (κ2) is 5.93. The van der Waals surface area contributed by atoms with Crippen molar-refractivity contribution in [1.29, 1.82) is 0 Å². The predicted molar refractivity (Wildman–Crippen MR) is 92.1 cm³/mol. The lowest BCUT2D eigenvalue weighted by atomic mass is 10.1. The van der Waals surface area contributed by atoms with Crippen molar-refractivity contribution < 1.29 is 0 Å². The van der Waals surface area contributed by atoms with E-state index < -0.39 is 0 Å². The second-order valence-electron chi connectivity index (χ2n) is 4.59. The first-order valence-corrected chi connectivity index (χ1v) is 8.59. The quantitative estimate of drug-likeness (QED) is 0.653. The molecule has 2 N–H and O–H groups in total. The van der Waals surface area contributed by atoms with Gasteiger partial charge in [0.25, 0.3) is 0 Å². The van der Waals surface area contributed by atoms with Gasteiger partial charge in [0.05, 0.1) is 13.1 Å². The zero-order valence-corrected chi connectivity index (χ0v) is 14.5. The minimum absolute atomic E-state index is 0.0550. The Labute approximate surface area is 138 Å². The molecule has 0 spiro atoms. The molecule has 0 bridgehead atoms. The minimum Gasteiger partial charge on any atom is -0.324 e. The summed E-state index contributed by atoms with van der Waals surface area (Å²) < 4.78 is 2.17. The van der Waals surface area contributed by atoms with Gasteiger partial charge in [-0.15, -0.1) is 11.3 Å². The third kappa shape index (κ3) is 2.96. The summed E-state index contributed by atoms with van der Waals surface area (Å²) in [5, 5.41) is 1.16. The highest BCUT2D eigenvalue weighted by molar-refractivity contribution is 9.12. The molecule has 5 heteroatoms. The van der Waals surface area contributed by atoms with Gasteiger partial charge in [0.15, 0.2) is 0 Å². The van der Waals surface area contributed by atoms with E-state index in [9.17, 15) is 0 Å². The molecule has 1 aromatic carbocycles. The zero-order chi connectivity index (χ0) is 14.1. The van der Waals surface area contributed by atoms with Gasteiger partial charge < -0.3 is 5.73 Å². The highest BCUT2D eigenvalue weighted by atomic mass is 79.9. The van der Waals surface area contributed by atoms with Crippen LogP contribution < -0.4 is 5.73 Å². The van der Waals surface area contributed by atoms with Crippen molar-refractivity contribution in [2.24, 2.45) is 5.73 Å². The number of hydrogen-bond donors (Lipinski definition) is 1. The number of nitrogens with zero attached hydrogens (tertiary/aromatic N) is 1. The van der Waals surface area contributed by atoms with Crippen molar-refractivity contribution in [2.75, 3.05) is 0 Å². The Balaban J connectivity index is 1.87. The molecule has 0 saturated heterocycles. The maximum absolute atomic E-state index is 6.30. The normalized spacial score (nSPS) is 12.8. The van der Waals surface area contributed by atoms with E-state index in [1.807, 2.05) is 18.2 Å². The van der Waals surface area contributed by atoms with E-state index in [0.29, 0.717) is 0 Å². The molecule has 3 rings (SSSR count). The first kappa shape index (κ1) is 14.2. The fourth-order valence-corrected chi connectivity index (χ4v) is 5.16. The molecule has 1 unspecified atom stereocenters. The molecule has 0 aliphatic heterocycles. The number of benzene rings is 1. The molecule has 20 heavy (non-hydrogen) atoms. The van der Waals surface area contributed by atoms with Crippen LogP contribution in [0.15, 0.2) is 50.0 Å². The van der Waals surface area contributed by atoms with E-state index in [0.717, 1.165) is 36.2 Å². The number of rotatable bonds is 3. The average Bonchev–Trinajstić information content (AvgIpc) is 2.78. The van der Waals surface area contributed by atoms with Crippen molar-refractivity contribution >= 4 is 54.1 Å². The Morgan fingerprint density at radius 3 is 2.70 bits per heavy atom. The monoisotopic (exact) mass is 410 g/mol. The number of para-hydroxylation sites is 1. The second-order valence-corrected chi connectivity index (χ2v) is 8.33. The topological polar surface area (TPSA) is 38.9 Å². The Morgan fingerprint density at radius 1 is 1.15 bits per heavy atom. The van der Waals surface area contributed by atoms with E-state index in [-0.39, 0.29) is 6.04 Å². The molecule has 2 nitrogen and oxygen atoms in total. The van der Waals surface area contributed by atoms with Crippen LogP contribution in [0.1, 0.15) is 17.3 Å². The summed E-state index contributed by atoms with van der Waals surface area (Å²) >= 11 is 8.69. The SMILES string of the molecule is NC(Cc1ccc2ccccc2n1)c1cc(Br)sc1Br. The lowest BCUT2D eigenvalue weighted by Crippen LogP contribution is -2.13. The predicted octanol–water partition coefficient (Wildman–Crippen LogP) is 5.06. The standard InChI is InChI=1S/C15H12Br2N2S/c16-14-8-11(15(17)20-14)12(18)7-10-6-5-9-3-1-2-4-13(9)19-10/h1-6,8,12H,7,18H2. The molecule has 3 aromatic rings. The van der Waals surface area contributed by atoms with Crippen LogP contribution in [0.25, 0.3) is 10.9 Å². The number of fused-ring (bicyclic) bond motifs is 1. The molecule has 0 aliphatic carbocycles. The summed E-state index contributed by atoms with van der Waals surface area (Å²) in [6.07, 6.45) is 0.729. The molecule has 102 valence electrons.